The van der Waals surface area contributed by atoms with Gasteiger partial charge in [-0.3, -0.25) is 4.79 Å². The number of amides is 1. The second-order valence-electron chi connectivity index (χ2n) is 2.00. The van der Waals surface area contributed by atoms with Gasteiger partial charge in [0.15, 0.2) is 0 Å². The van der Waals surface area contributed by atoms with Crippen molar-refractivity contribution in [2.75, 3.05) is 13.2 Å². The van der Waals surface area contributed by atoms with E-state index in [-0.39, 0.29) is 0 Å². The molecule has 3 nitrogen and oxygen atoms in total. The summed E-state index contributed by atoms with van der Waals surface area (Å²) in [6, 6.07) is 0. The van der Waals surface area contributed by atoms with E-state index in [1.165, 1.54) is 0 Å². The lowest BCUT2D eigenvalue weighted by Gasteiger charge is -1.97. The standard InChI is InChI=1S/C7H13NO2/c1-10-6-4-2-3-5-8-7-9/h1-6H2,(H,8,9). The molecule has 0 unspecified atom stereocenters. The highest BCUT2D eigenvalue weighted by atomic mass is 16.5. The summed E-state index contributed by atoms with van der Waals surface area (Å²) < 4.78 is 4.60. The predicted molar refractivity (Wildman–Crippen MR) is 38.9 cm³/mol. The summed E-state index contributed by atoms with van der Waals surface area (Å²) in [5, 5.41) is 2.46. The van der Waals surface area contributed by atoms with E-state index in [1.807, 2.05) is 0 Å². The molecule has 0 rings (SSSR count). The lowest BCUT2D eigenvalue weighted by Crippen LogP contribution is -2.11. The Bertz CT molecular complexity index is 76.0. The van der Waals surface area contributed by atoms with Gasteiger partial charge in [-0.15, -0.1) is 0 Å². The van der Waals surface area contributed by atoms with E-state index in [0.29, 0.717) is 13.2 Å². The van der Waals surface area contributed by atoms with Gasteiger partial charge in [-0.2, -0.15) is 0 Å². The molecular formula is C7H13NO2. The zero-order valence-corrected chi connectivity index (χ0v) is 6.06. The van der Waals surface area contributed by atoms with E-state index in [2.05, 4.69) is 17.2 Å². The maximum absolute atomic E-state index is 9.62. The third-order valence-corrected chi connectivity index (χ3v) is 1.16. The second kappa shape index (κ2) is 8.43. The van der Waals surface area contributed by atoms with E-state index >= 15 is 0 Å². The molecule has 0 atom stereocenters. The third kappa shape index (κ3) is 7.43. The monoisotopic (exact) mass is 143 g/mol. The number of ether oxygens (including phenoxy) is 1. The molecule has 0 aliphatic carbocycles. The minimum atomic E-state index is 0.699. The van der Waals surface area contributed by atoms with Crippen LogP contribution in [0.2, 0.25) is 0 Å². The summed E-state index contributed by atoms with van der Waals surface area (Å²) in [5.74, 6) is 0. The molecule has 10 heavy (non-hydrogen) atoms. The van der Waals surface area contributed by atoms with Gasteiger partial charge < -0.3 is 10.1 Å². The van der Waals surface area contributed by atoms with E-state index < -0.39 is 0 Å². The predicted octanol–water partition coefficient (Wildman–Crippen LogP) is 0.622. The molecule has 0 fully saturated rings. The first-order valence-corrected chi connectivity index (χ1v) is 3.39. The average molecular weight is 143 g/mol. The van der Waals surface area contributed by atoms with Crippen LogP contribution >= 0.6 is 0 Å². The summed E-state index contributed by atoms with van der Waals surface area (Å²) in [7, 11) is 3.24. The summed E-state index contributed by atoms with van der Waals surface area (Å²) in [6.45, 7) is 1.41. The van der Waals surface area contributed by atoms with Crippen LogP contribution in [-0.4, -0.2) is 19.6 Å². The minimum Gasteiger partial charge on any atom is -0.379 e. The van der Waals surface area contributed by atoms with Crippen molar-refractivity contribution in [2.24, 2.45) is 0 Å². The van der Waals surface area contributed by atoms with Crippen LogP contribution in [0.1, 0.15) is 19.3 Å². The van der Waals surface area contributed by atoms with Crippen molar-refractivity contribution < 1.29 is 9.53 Å². The molecule has 0 aliphatic rings. The van der Waals surface area contributed by atoms with Gasteiger partial charge in [-0.05, 0) is 19.3 Å². The number of carbonyl (C=O) groups excluding carboxylic acids is 1. The number of hydrogen-bond acceptors (Lipinski definition) is 2. The van der Waals surface area contributed by atoms with Gasteiger partial charge in [-0.25, -0.2) is 0 Å². The van der Waals surface area contributed by atoms with Crippen LogP contribution in [0.4, 0.5) is 0 Å². The molecule has 1 amide bonds. The van der Waals surface area contributed by atoms with Crippen molar-refractivity contribution >= 4 is 6.41 Å². The van der Waals surface area contributed by atoms with E-state index in [4.69, 9.17) is 0 Å². The lowest BCUT2D eigenvalue weighted by molar-refractivity contribution is 0.234. The molecule has 1 N–H and O–H groups in total. The fourth-order valence-electron chi connectivity index (χ4n) is 0.645. The van der Waals surface area contributed by atoms with Crippen LogP contribution in [0.3, 0.4) is 0 Å². The maximum Gasteiger partial charge on any atom is 0.309 e. The van der Waals surface area contributed by atoms with Crippen molar-refractivity contribution in [2.45, 2.75) is 19.3 Å². The first-order valence-electron chi connectivity index (χ1n) is 3.39. The van der Waals surface area contributed by atoms with Crippen LogP contribution in [-0.2, 0) is 9.53 Å². The third-order valence-electron chi connectivity index (χ3n) is 1.16. The van der Waals surface area contributed by atoms with Gasteiger partial charge >= 0.3 is 6.41 Å². The van der Waals surface area contributed by atoms with Crippen LogP contribution < -0.4 is 5.32 Å². The Kier molecular flexibility index (Phi) is 7.95. The summed E-state index contributed by atoms with van der Waals surface area (Å²) >= 11 is 0. The number of unbranched alkanes of at least 4 members (excludes halogenated alkanes) is 2. The average Bonchev–Trinajstić information content (AvgIpc) is 1.97. The van der Waals surface area contributed by atoms with Crippen LogP contribution in [0.15, 0.2) is 0 Å². The molecule has 0 spiro atoms. The molecule has 58 valence electrons. The first kappa shape index (κ1) is 9.43. The molecule has 0 heterocycles. The van der Waals surface area contributed by atoms with Gasteiger partial charge in [0.25, 0.3) is 0 Å². The summed E-state index contributed by atoms with van der Waals surface area (Å²) in [5.41, 5.74) is 0. The van der Waals surface area contributed by atoms with Gasteiger partial charge in [0.05, 0.1) is 7.11 Å². The Labute approximate surface area is 61.8 Å². The highest BCUT2D eigenvalue weighted by Crippen LogP contribution is 1.93. The molecule has 0 saturated carbocycles. The smallest absolute Gasteiger partial charge is 0.309 e. The van der Waals surface area contributed by atoms with E-state index in [0.717, 1.165) is 19.3 Å². The van der Waals surface area contributed by atoms with Crippen molar-refractivity contribution in [1.29, 1.82) is 0 Å². The zero-order valence-electron chi connectivity index (χ0n) is 6.06. The largest absolute Gasteiger partial charge is 0.379 e. The highest BCUT2D eigenvalue weighted by molar-refractivity contribution is 5.46. The first-order chi connectivity index (χ1) is 4.91. The minimum absolute atomic E-state index is 0.699. The number of rotatable bonds is 7. The lowest BCUT2D eigenvalue weighted by atomic mass is 10.2. The Morgan fingerprint density at radius 2 is 2.20 bits per heavy atom. The SMILES string of the molecule is [CH2]OCCCCCN[C]=O. The number of nitrogens with one attached hydrogen (secondary N) is 1. The Hall–Kier alpha value is -0.570. The molecule has 0 aromatic heterocycles. The summed E-state index contributed by atoms with van der Waals surface area (Å²) in [4.78, 5) is 9.62. The van der Waals surface area contributed by atoms with Gasteiger partial charge in [0.1, 0.15) is 0 Å². The topological polar surface area (TPSA) is 38.3 Å². The van der Waals surface area contributed by atoms with Crippen molar-refractivity contribution in [1.82, 2.24) is 5.32 Å². The van der Waals surface area contributed by atoms with Gasteiger partial charge in [0.2, 0.25) is 0 Å². The van der Waals surface area contributed by atoms with Crippen molar-refractivity contribution in [3.05, 3.63) is 7.11 Å². The molecule has 0 aromatic carbocycles. The zero-order chi connectivity index (χ0) is 7.66. The maximum atomic E-state index is 9.62. The summed E-state index contributed by atoms with van der Waals surface area (Å²) in [6.07, 6.45) is 4.66. The fourth-order valence-corrected chi connectivity index (χ4v) is 0.645. The van der Waals surface area contributed by atoms with Gasteiger partial charge in [-0.1, -0.05) is 0 Å². The van der Waals surface area contributed by atoms with Crippen molar-refractivity contribution in [3.63, 3.8) is 0 Å². The van der Waals surface area contributed by atoms with Crippen LogP contribution in [0, 0.1) is 7.11 Å². The molecule has 0 saturated heterocycles. The molecule has 0 aromatic rings. The normalized spacial score (nSPS) is 9.30. The van der Waals surface area contributed by atoms with Gasteiger partial charge in [0, 0.05) is 13.2 Å². The highest BCUT2D eigenvalue weighted by Gasteiger charge is 1.87. The molecule has 0 bridgehead atoms. The van der Waals surface area contributed by atoms with E-state index in [1.54, 1.807) is 6.41 Å². The van der Waals surface area contributed by atoms with Crippen LogP contribution in [0.25, 0.3) is 0 Å². The van der Waals surface area contributed by atoms with Crippen molar-refractivity contribution in [3.8, 4) is 0 Å². The van der Waals surface area contributed by atoms with Crippen LogP contribution in [0.5, 0.6) is 0 Å². The Balaban J connectivity index is 2.70. The van der Waals surface area contributed by atoms with E-state index in [9.17, 15) is 4.79 Å². The quantitative estimate of drug-likeness (QED) is 0.419. The molecular weight excluding hydrogens is 130 g/mol. The Morgan fingerprint density at radius 3 is 2.80 bits per heavy atom. The molecule has 0 aliphatic heterocycles. The molecule has 3 heteroatoms. The molecule has 2 radical (unpaired) electrons. The second-order valence-corrected chi connectivity index (χ2v) is 2.00. The number of hydrogen-bond donors (Lipinski definition) is 1. The Morgan fingerprint density at radius 1 is 1.40 bits per heavy atom. The fraction of sp³-hybridized carbons (Fsp3) is 0.714.